The maximum atomic E-state index is 13.2. The van der Waals surface area contributed by atoms with Gasteiger partial charge in [-0.15, -0.1) is 0 Å². The average molecular weight is 273 g/mol. The first-order valence-corrected chi connectivity index (χ1v) is 6.16. The van der Waals surface area contributed by atoms with Crippen molar-refractivity contribution in [1.82, 2.24) is 0 Å². The molecule has 0 aliphatic heterocycles. The van der Waals surface area contributed by atoms with Crippen LogP contribution in [-0.4, -0.2) is 5.91 Å². The van der Waals surface area contributed by atoms with Crippen LogP contribution in [0.1, 0.15) is 21.5 Å². The van der Waals surface area contributed by atoms with Gasteiger partial charge in [-0.1, -0.05) is 0 Å². The summed E-state index contributed by atoms with van der Waals surface area (Å²) in [7, 11) is 0. The molecule has 104 valence electrons. The molecule has 4 N–H and O–H groups in total. The number of aryl methyl sites for hydroxylation is 2. The van der Waals surface area contributed by atoms with Crippen molar-refractivity contribution in [2.45, 2.75) is 13.8 Å². The summed E-state index contributed by atoms with van der Waals surface area (Å²) in [5.41, 5.74) is 5.66. The molecule has 20 heavy (non-hydrogen) atoms. The third-order valence-corrected chi connectivity index (χ3v) is 3.05. The minimum Gasteiger partial charge on any atom is -0.324 e. The van der Waals surface area contributed by atoms with Crippen molar-refractivity contribution < 1.29 is 9.18 Å². The molecule has 0 saturated carbocycles. The predicted molar refractivity (Wildman–Crippen MR) is 78.1 cm³/mol. The minimum atomic E-state index is -0.294. The van der Waals surface area contributed by atoms with Crippen LogP contribution in [0.2, 0.25) is 0 Å². The number of nitrogens with one attached hydrogen (secondary N) is 2. The zero-order valence-electron chi connectivity index (χ0n) is 11.3. The van der Waals surface area contributed by atoms with E-state index in [2.05, 4.69) is 10.7 Å². The summed E-state index contributed by atoms with van der Waals surface area (Å²) < 4.78 is 13.2. The van der Waals surface area contributed by atoms with E-state index in [1.807, 2.05) is 6.92 Å². The smallest absolute Gasteiger partial charge is 0.255 e. The number of carbonyl (C=O) groups is 1. The monoisotopic (exact) mass is 273 g/mol. The van der Waals surface area contributed by atoms with Gasteiger partial charge in [-0.25, -0.2) is 4.39 Å². The van der Waals surface area contributed by atoms with E-state index >= 15 is 0 Å². The number of amides is 1. The van der Waals surface area contributed by atoms with Crippen molar-refractivity contribution in [3.8, 4) is 0 Å². The van der Waals surface area contributed by atoms with E-state index in [4.69, 9.17) is 5.84 Å². The van der Waals surface area contributed by atoms with Crippen LogP contribution in [0.3, 0.4) is 0 Å². The van der Waals surface area contributed by atoms with Crippen LogP contribution in [0, 0.1) is 19.7 Å². The fourth-order valence-electron chi connectivity index (χ4n) is 1.93. The minimum absolute atomic E-state index is 0.239. The fraction of sp³-hybridized carbons (Fsp3) is 0.133. The molecular weight excluding hydrogens is 257 g/mol. The molecule has 0 aliphatic carbocycles. The van der Waals surface area contributed by atoms with E-state index in [0.29, 0.717) is 16.8 Å². The highest BCUT2D eigenvalue weighted by Crippen LogP contribution is 2.18. The molecule has 2 rings (SSSR count). The summed E-state index contributed by atoms with van der Waals surface area (Å²) in [4.78, 5) is 12.2. The van der Waals surface area contributed by atoms with E-state index < -0.39 is 0 Å². The number of hydrogen-bond acceptors (Lipinski definition) is 3. The quantitative estimate of drug-likeness (QED) is 0.595. The Labute approximate surface area is 116 Å². The molecule has 0 heterocycles. The second-order valence-electron chi connectivity index (χ2n) is 4.59. The second kappa shape index (κ2) is 5.71. The van der Waals surface area contributed by atoms with Crippen LogP contribution < -0.4 is 16.6 Å². The molecule has 0 aliphatic rings. The lowest BCUT2D eigenvalue weighted by Gasteiger charge is -2.10. The van der Waals surface area contributed by atoms with Gasteiger partial charge in [-0.05, 0) is 61.4 Å². The Morgan fingerprint density at radius 1 is 1.05 bits per heavy atom. The van der Waals surface area contributed by atoms with Crippen molar-refractivity contribution >= 4 is 17.3 Å². The third-order valence-electron chi connectivity index (χ3n) is 3.05. The van der Waals surface area contributed by atoms with Crippen LogP contribution >= 0.6 is 0 Å². The average Bonchev–Trinajstić information content (AvgIpc) is 2.42. The van der Waals surface area contributed by atoms with Crippen LogP contribution in [0.4, 0.5) is 15.8 Å². The van der Waals surface area contributed by atoms with Crippen LogP contribution in [-0.2, 0) is 0 Å². The van der Waals surface area contributed by atoms with Gasteiger partial charge in [0.15, 0.2) is 0 Å². The van der Waals surface area contributed by atoms with Crippen molar-refractivity contribution in [3.63, 3.8) is 0 Å². The van der Waals surface area contributed by atoms with E-state index in [1.54, 1.807) is 31.2 Å². The number of nitrogen functional groups attached to an aromatic ring is 1. The normalized spacial score (nSPS) is 10.2. The summed E-state index contributed by atoms with van der Waals surface area (Å²) in [6.07, 6.45) is 0. The Bertz CT molecular complexity index is 656. The van der Waals surface area contributed by atoms with E-state index in [-0.39, 0.29) is 11.7 Å². The second-order valence-corrected chi connectivity index (χ2v) is 4.59. The highest BCUT2D eigenvalue weighted by molar-refractivity contribution is 6.05. The molecule has 2 aromatic rings. The molecule has 0 bridgehead atoms. The maximum absolute atomic E-state index is 13.2. The molecule has 0 unspecified atom stereocenters. The maximum Gasteiger partial charge on any atom is 0.255 e. The topological polar surface area (TPSA) is 67.2 Å². The first kappa shape index (κ1) is 14.0. The molecule has 0 spiro atoms. The van der Waals surface area contributed by atoms with Crippen LogP contribution in [0.25, 0.3) is 0 Å². The van der Waals surface area contributed by atoms with Gasteiger partial charge in [0.25, 0.3) is 5.91 Å². The van der Waals surface area contributed by atoms with Crippen molar-refractivity contribution in [1.29, 1.82) is 0 Å². The molecule has 0 atom stereocenters. The van der Waals surface area contributed by atoms with Gasteiger partial charge in [0.1, 0.15) is 5.82 Å². The number of rotatable bonds is 3. The van der Waals surface area contributed by atoms with Gasteiger partial charge in [-0.2, -0.15) is 0 Å². The third kappa shape index (κ3) is 2.95. The first-order chi connectivity index (χ1) is 9.51. The Kier molecular flexibility index (Phi) is 4.00. The van der Waals surface area contributed by atoms with Gasteiger partial charge in [-0.3, -0.25) is 10.6 Å². The number of anilines is 2. The zero-order valence-corrected chi connectivity index (χ0v) is 11.3. The first-order valence-electron chi connectivity index (χ1n) is 6.16. The van der Waals surface area contributed by atoms with Crippen molar-refractivity contribution in [3.05, 3.63) is 58.9 Å². The largest absolute Gasteiger partial charge is 0.324 e. The molecule has 0 saturated heterocycles. The Balaban J connectivity index is 2.21. The van der Waals surface area contributed by atoms with E-state index in [0.717, 1.165) is 11.3 Å². The van der Waals surface area contributed by atoms with Gasteiger partial charge < -0.3 is 10.7 Å². The van der Waals surface area contributed by atoms with Crippen molar-refractivity contribution in [2.24, 2.45) is 5.84 Å². The predicted octanol–water partition coefficient (Wildman–Crippen LogP) is 2.98. The lowest BCUT2D eigenvalue weighted by molar-refractivity contribution is 0.102. The molecule has 2 aromatic carbocycles. The molecular formula is C15H16FN3O. The number of nitrogens with two attached hydrogens (primary N) is 1. The highest BCUT2D eigenvalue weighted by Gasteiger charge is 2.10. The lowest BCUT2D eigenvalue weighted by Crippen LogP contribution is -2.14. The Morgan fingerprint density at radius 3 is 2.30 bits per heavy atom. The zero-order chi connectivity index (χ0) is 14.7. The molecule has 0 radical (unpaired) electrons. The van der Waals surface area contributed by atoms with E-state index in [9.17, 15) is 9.18 Å². The summed E-state index contributed by atoms with van der Waals surface area (Å²) >= 11 is 0. The Hall–Kier alpha value is -2.40. The van der Waals surface area contributed by atoms with Gasteiger partial charge in [0.2, 0.25) is 0 Å². The number of hydrazine groups is 1. The lowest BCUT2D eigenvalue weighted by atomic mass is 10.1. The molecule has 1 amide bonds. The van der Waals surface area contributed by atoms with E-state index in [1.165, 1.54) is 12.1 Å². The van der Waals surface area contributed by atoms with Crippen LogP contribution in [0.15, 0.2) is 36.4 Å². The summed E-state index contributed by atoms with van der Waals surface area (Å²) in [5.74, 6) is 4.78. The molecule has 0 aromatic heterocycles. The van der Waals surface area contributed by atoms with Gasteiger partial charge in [0.05, 0.1) is 0 Å². The summed E-state index contributed by atoms with van der Waals surface area (Å²) in [5, 5.41) is 2.75. The molecule has 4 nitrogen and oxygen atoms in total. The number of halogens is 1. The summed E-state index contributed by atoms with van der Waals surface area (Å²) in [6, 6.07) is 9.65. The standard InChI is InChI=1S/C15H16FN3O/c1-9-7-12(19-17)3-5-13(9)15(20)18-11-4-6-14(16)10(2)8-11/h3-8,19H,17H2,1-2H3,(H,18,20). The molecule has 5 heteroatoms. The Morgan fingerprint density at radius 2 is 1.70 bits per heavy atom. The number of hydrogen-bond donors (Lipinski definition) is 3. The fourth-order valence-corrected chi connectivity index (χ4v) is 1.93. The van der Waals surface area contributed by atoms with Crippen LogP contribution in [0.5, 0.6) is 0 Å². The molecule has 0 fully saturated rings. The number of benzene rings is 2. The van der Waals surface area contributed by atoms with Gasteiger partial charge in [0, 0.05) is 16.9 Å². The SMILES string of the molecule is Cc1cc(NC(=O)c2ccc(NN)cc2C)ccc1F. The van der Waals surface area contributed by atoms with Gasteiger partial charge >= 0.3 is 0 Å². The summed E-state index contributed by atoms with van der Waals surface area (Å²) in [6.45, 7) is 3.48. The highest BCUT2D eigenvalue weighted by atomic mass is 19.1. The number of carbonyl (C=O) groups excluding carboxylic acids is 1. The van der Waals surface area contributed by atoms with Crippen molar-refractivity contribution in [2.75, 3.05) is 10.7 Å².